The minimum absolute atomic E-state index is 0.00310. The lowest BCUT2D eigenvalue weighted by atomic mass is 9.81. The van der Waals surface area contributed by atoms with Gasteiger partial charge < -0.3 is 0 Å². The third-order valence-corrected chi connectivity index (χ3v) is 20.2. The summed E-state index contributed by atoms with van der Waals surface area (Å²) in [6, 6.07) is 126. The van der Waals surface area contributed by atoms with Crippen LogP contribution in [0, 0.1) is 0 Å². The number of fused-ring (bicyclic) bond motifs is 19. The van der Waals surface area contributed by atoms with Crippen LogP contribution in [0.1, 0.15) is 25.0 Å². The summed E-state index contributed by atoms with van der Waals surface area (Å²) in [7, 11) is 0. The second-order valence-electron chi connectivity index (χ2n) is 25.8. The van der Waals surface area contributed by atoms with Gasteiger partial charge in [0.05, 0.1) is 0 Å². The molecule has 0 saturated heterocycles. The van der Waals surface area contributed by atoms with E-state index in [4.69, 9.17) is 0 Å². The maximum absolute atomic E-state index is 2.46. The zero-order chi connectivity index (χ0) is 61.7. The van der Waals surface area contributed by atoms with Crippen molar-refractivity contribution in [3.63, 3.8) is 0 Å². The molecular formula is C93H62. The highest BCUT2D eigenvalue weighted by atomic mass is 14.4. The molecule has 0 spiro atoms. The third-order valence-electron chi connectivity index (χ3n) is 20.2. The van der Waals surface area contributed by atoms with Gasteiger partial charge in [-0.3, -0.25) is 0 Å². The summed E-state index contributed by atoms with van der Waals surface area (Å²) >= 11 is 0. The van der Waals surface area contributed by atoms with E-state index in [1.165, 1.54) is 186 Å². The molecule has 93 heavy (non-hydrogen) atoms. The molecule has 0 unspecified atom stereocenters. The van der Waals surface area contributed by atoms with Crippen LogP contribution in [0.3, 0.4) is 0 Å². The average molecular weight is 1180 g/mol. The quantitative estimate of drug-likeness (QED) is 0.146. The van der Waals surface area contributed by atoms with E-state index in [0.717, 1.165) is 0 Å². The minimum Gasteiger partial charge on any atom is -0.0622 e. The predicted octanol–water partition coefficient (Wildman–Crippen LogP) is 26.1. The molecule has 0 radical (unpaired) electrons. The summed E-state index contributed by atoms with van der Waals surface area (Å²) < 4.78 is 0. The molecule has 1 aliphatic carbocycles. The predicted molar refractivity (Wildman–Crippen MR) is 401 cm³/mol. The van der Waals surface area contributed by atoms with Crippen molar-refractivity contribution < 1.29 is 0 Å². The van der Waals surface area contributed by atoms with Crippen molar-refractivity contribution >= 4 is 97.0 Å². The highest BCUT2D eigenvalue weighted by molar-refractivity contribution is 6.37. The van der Waals surface area contributed by atoms with Gasteiger partial charge in [0.25, 0.3) is 0 Å². The van der Waals surface area contributed by atoms with E-state index >= 15 is 0 Å². The molecule has 18 aromatic carbocycles. The Balaban J connectivity index is 0.000000144. The summed E-state index contributed by atoms with van der Waals surface area (Å²) in [4.78, 5) is 0. The van der Waals surface area contributed by atoms with Crippen LogP contribution in [0.5, 0.6) is 0 Å². The maximum atomic E-state index is 2.46. The second kappa shape index (κ2) is 21.8. The van der Waals surface area contributed by atoms with Gasteiger partial charge in [-0.05, 0) is 234 Å². The van der Waals surface area contributed by atoms with E-state index in [1.54, 1.807) is 0 Å². The van der Waals surface area contributed by atoms with Crippen molar-refractivity contribution in [2.45, 2.75) is 19.3 Å². The molecule has 1 aliphatic rings. The van der Waals surface area contributed by atoms with E-state index in [1.807, 2.05) is 0 Å². The van der Waals surface area contributed by atoms with E-state index in [2.05, 4.69) is 354 Å². The summed E-state index contributed by atoms with van der Waals surface area (Å²) in [6.07, 6.45) is 0. The van der Waals surface area contributed by atoms with Crippen molar-refractivity contribution in [2.75, 3.05) is 0 Å². The van der Waals surface area contributed by atoms with Crippen molar-refractivity contribution in [1.82, 2.24) is 0 Å². The fraction of sp³-hybridized carbons (Fsp3) is 0.0323. The Bertz CT molecular complexity index is 6070. The second-order valence-corrected chi connectivity index (χ2v) is 25.8. The SMILES string of the molecule is CC1(C)c2ccccc2-c2ccc(-c3cccc(-c4ccc5ccc6c7ccccc7ccc6c5c4)c3)cc21.c1ccc(-c2cccc(-c3cc(-c4ccccc4)c4ccc(-c5cc6c7ccccc7c7c8ccccc8ccc7c6c6ccccc56)cc4c3)c2)cc1. The maximum Gasteiger partial charge on any atom is 0.0159 e. The van der Waals surface area contributed by atoms with E-state index in [-0.39, 0.29) is 5.41 Å². The molecule has 0 aromatic heterocycles. The fourth-order valence-electron chi connectivity index (χ4n) is 15.7. The lowest BCUT2D eigenvalue weighted by molar-refractivity contribution is 0.660. The molecule has 0 atom stereocenters. The van der Waals surface area contributed by atoms with Crippen LogP contribution >= 0.6 is 0 Å². The van der Waals surface area contributed by atoms with Gasteiger partial charge >= 0.3 is 0 Å². The van der Waals surface area contributed by atoms with Gasteiger partial charge in [0.2, 0.25) is 0 Å². The van der Waals surface area contributed by atoms with E-state index < -0.39 is 0 Å². The van der Waals surface area contributed by atoms with Crippen molar-refractivity contribution in [1.29, 1.82) is 0 Å². The Kier molecular flexibility index (Phi) is 12.7. The summed E-state index contributed by atoms with van der Waals surface area (Å²) in [5.74, 6) is 0. The van der Waals surface area contributed by atoms with Gasteiger partial charge in [0, 0.05) is 5.41 Å². The highest BCUT2D eigenvalue weighted by Gasteiger charge is 2.35. The molecule has 0 saturated carbocycles. The molecule has 19 rings (SSSR count). The Hall–Kier alpha value is -11.7. The largest absolute Gasteiger partial charge is 0.0622 e. The minimum atomic E-state index is 0.00310. The zero-order valence-electron chi connectivity index (χ0n) is 51.8. The smallest absolute Gasteiger partial charge is 0.0159 e. The Morgan fingerprint density at radius 2 is 0.591 bits per heavy atom. The highest BCUT2D eigenvalue weighted by Crippen LogP contribution is 2.51. The average Bonchev–Trinajstić information content (AvgIpc) is 1.49. The van der Waals surface area contributed by atoms with Crippen LogP contribution in [0.4, 0.5) is 0 Å². The molecule has 0 bridgehead atoms. The molecule has 0 heterocycles. The summed E-state index contributed by atoms with van der Waals surface area (Å²) in [5.41, 5.74) is 20.4. The standard InChI is InChI=1S/C54H34.C39H28/c1-3-14-35(15-4-1)38-19-13-20-39(30-38)41-32-42-31-40(27-28-43(42)50(33-41)36-16-5-2-6-17-36)51-34-52-46-23-10-12-25-48(46)53-44-21-8-7-18-37(44)26-29-49(53)54(52)47-24-11-9-22-45(47)51;1-39(2)37-13-6-5-12-34(37)35-21-18-30(24-38(35)39)28-10-7-9-27(22-28)29-15-14-26-17-19-32-31-11-4-3-8-25(31)16-20-33(32)36(26)23-29/h1-34H;3-24H,1-2H3. The Labute approximate surface area is 541 Å². The molecule has 0 heteroatoms. The molecular weight excluding hydrogens is 1120 g/mol. The van der Waals surface area contributed by atoms with Crippen LogP contribution in [-0.4, -0.2) is 0 Å². The molecule has 0 amide bonds. The monoisotopic (exact) mass is 1180 g/mol. The van der Waals surface area contributed by atoms with Crippen molar-refractivity contribution in [3.8, 4) is 77.9 Å². The summed E-state index contributed by atoms with van der Waals surface area (Å²) in [5, 5.41) is 23.2. The van der Waals surface area contributed by atoms with Crippen LogP contribution in [0.25, 0.3) is 175 Å². The van der Waals surface area contributed by atoms with Crippen LogP contribution < -0.4 is 0 Å². The first-order chi connectivity index (χ1) is 45.9. The lowest BCUT2D eigenvalue weighted by Crippen LogP contribution is -2.14. The fourth-order valence-corrected chi connectivity index (χ4v) is 15.7. The van der Waals surface area contributed by atoms with Crippen LogP contribution in [0.15, 0.2) is 340 Å². The molecule has 0 aliphatic heterocycles. The molecule has 0 N–H and O–H groups in total. The first-order valence-corrected chi connectivity index (χ1v) is 32.5. The first-order valence-electron chi connectivity index (χ1n) is 32.5. The van der Waals surface area contributed by atoms with Gasteiger partial charge in [0.15, 0.2) is 0 Å². The number of hydrogen-bond donors (Lipinski definition) is 0. The molecule has 18 aromatic rings. The van der Waals surface area contributed by atoms with Gasteiger partial charge in [-0.2, -0.15) is 0 Å². The number of hydrogen-bond acceptors (Lipinski definition) is 0. The van der Waals surface area contributed by atoms with E-state index in [9.17, 15) is 0 Å². The van der Waals surface area contributed by atoms with Gasteiger partial charge in [-0.25, -0.2) is 0 Å². The first kappa shape index (κ1) is 54.3. The molecule has 0 fully saturated rings. The third kappa shape index (κ3) is 9.05. The van der Waals surface area contributed by atoms with Crippen LogP contribution in [0.2, 0.25) is 0 Å². The topological polar surface area (TPSA) is 0 Å². The lowest BCUT2D eigenvalue weighted by Gasteiger charge is -2.22. The van der Waals surface area contributed by atoms with E-state index in [0.29, 0.717) is 0 Å². The zero-order valence-corrected chi connectivity index (χ0v) is 51.8. The normalized spacial score (nSPS) is 12.5. The van der Waals surface area contributed by atoms with Crippen molar-refractivity contribution in [3.05, 3.63) is 351 Å². The summed E-state index contributed by atoms with van der Waals surface area (Å²) in [6.45, 7) is 4.70. The van der Waals surface area contributed by atoms with Gasteiger partial charge in [-0.15, -0.1) is 0 Å². The molecule has 0 nitrogen and oxygen atoms in total. The molecule has 434 valence electrons. The Morgan fingerprint density at radius 3 is 1.32 bits per heavy atom. The van der Waals surface area contributed by atoms with Gasteiger partial charge in [-0.1, -0.05) is 305 Å². The van der Waals surface area contributed by atoms with Gasteiger partial charge in [0.1, 0.15) is 0 Å². The number of rotatable bonds is 6. The van der Waals surface area contributed by atoms with Crippen molar-refractivity contribution in [2.24, 2.45) is 0 Å². The van der Waals surface area contributed by atoms with Crippen LogP contribution in [-0.2, 0) is 5.41 Å². The Morgan fingerprint density at radius 1 is 0.161 bits per heavy atom. The number of benzene rings is 18.